The van der Waals surface area contributed by atoms with Crippen LogP contribution in [0.4, 0.5) is 0 Å². The number of nitrogens with zero attached hydrogens (tertiary/aromatic N) is 3. The Morgan fingerprint density at radius 1 is 0.920 bits per heavy atom. The summed E-state index contributed by atoms with van der Waals surface area (Å²) in [5.41, 5.74) is 6.39. The number of carbonyl (C=O) groups is 1. The predicted octanol–water partition coefficient (Wildman–Crippen LogP) is 5.49. The number of fused-ring (bicyclic) bond motifs is 1. The molecule has 12 heteroatoms. The average molecular weight is 714 g/mol. The van der Waals surface area contributed by atoms with E-state index in [1.807, 2.05) is 60.7 Å². The van der Waals surface area contributed by atoms with Gasteiger partial charge in [0.25, 0.3) is 5.56 Å². The topological polar surface area (TPSA) is 130 Å². The third-order valence-corrected chi connectivity index (χ3v) is 10.4. The van der Waals surface area contributed by atoms with E-state index in [1.165, 1.54) is 0 Å². The fraction of sp³-hybridized carbons (Fsp3) is 0.316. The van der Waals surface area contributed by atoms with Gasteiger partial charge in [0.15, 0.2) is 0 Å². The van der Waals surface area contributed by atoms with Gasteiger partial charge in [0.2, 0.25) is 11.8 Å². The van der Waals surface area contributed by atoms with Crippen molar-refractivity contribution in [3.05, 3.63) is 105 Å². The minimum Gasteiger partial charge on any atom is -0.481 e. The maximum atomic E-state index is 13.2. The molecule has 5 aromatic rings. The van der Waals surface area contributed by atoms with Crippen molar-refractivity contribution >= 4 is 34.8 Å². The molecule has 3 aromatic heterocycles. The number of aliphatic hydroxyl groups excluding tert-OH is 1. The van der Waals surface area contributed by atoms with Gasteiger partial charge in [-0.1, -0.05) is 65.7 Å². The molecule has 0 spiro atoms. The van der Waals surface area contributed by atoms with Gasteiger partial charge in [-0.2, -0.15) is 0 Å². The fourth-order valence-electron chi connectivity index (χ4n) is 6.62. The van der Waals surface area contributed by atoms with Gasteiger partial charge in [0.1, 0.15) is 5.65 Å². The normalized spacial score (nSPS) is 18.4. The summed E-state index contributed by atoms with van der Waals surface area (Å²) < 4.78 is 7.19. The van der Waals surface area contributed by atoms with Crippen molar-refractivity contribution < 1.29 is 14.6 Å². The number of halogens is 2. The van der Waals surface area contributed by atoms with Crippen LogP contribution < -0.4 is 26.2 Å². The molecule has 2 fully saturated rings. The van der Waals surface area contributed by atoms with Gasteiger partial charge in [0.05, 0.1) is 22.8 Å². The van der Waals surface area contributed by atoms with Crippen LogP contribution in [0.2, 0.25) is 10.0 Å². The molecule has 2 aromatic carbocycles. The Morgan fingerprint density at radius 2 is 1.64 bits per heavy atom. The largest absolute Gasteiger partial charge is 0.481 e. The lowest BCUT2D eigenvalue weighted by molar-refractivity contribution is -0.119. The predicted molar refractivity (Wildman–Crippen MR) is 195 cm³/mol. The summed E-state index contributed by atoms with van der Waals surface area (Å²) in [6, 6.07) is 19.3. The summed E-state index contributed by atoms with van der Waals surface area (Å²) in [5, 5.41) is 20.0. The Balaban J connectivity index is 1.11. The van der Waals surface area contributed by atoms with Crippen LogP contribution in [0.3, 0.4) is 0 Å². The fourth-order valence-corrected chi connectivity index (χ4v) is 7.28. The number of benzene rings is 2. The van der Waals surface area contributed by atoms with Crippen LogP contribution in [0.5, 0.6) is 5.88 Å². The molecule has 1 saturated carbocycles. The van der Waals surface area contributed by atoms with E-state index >= 15 is 0 Å². The van der Waals surface area contributed by atoms with E-state index in [-0.39, 0.29) is 24.1 Å². The summed E-state index contributed by atoms with van der Waals surface area (Å²) in [6.45, 7) is 2.62. The molecular formula is C38H38Cl2N6O4. The Labute approximate surface area is 299 Å². The van der Waals surface area contributed by atoms with E-state index in [1.54, 1.807) is 23.9 Å². The van der Waals surface area contributed by atoms with Gasteiger partial charge < -0.3 is 25.8 Å². The molecule has 50 heavy (non-hydrogen) atoms. The number of hydrogen-bond acceptors (Lipinski definition) is 8. The van der Waals surface area contributed by atoms with Gasteiger partial charge in [-0.15, -0.1) is 0 Å². The first-order valence-electron chi connectivity index (χ1n) is 16.8. The number of nitrogens with one attached hydrogen (secondary N) is 3. The molecule has 4 N–H and O–H groups in total. The van der Waals surface area contributed by atoms with Gasteiger partial charge in [-0.05, 0) is 55.0 Å². The van der Waals surface area contributed by atoms with Crippen LogP contribution in [0.1, 0.15) is 30.4 Å². The molecule has 1 aliphatic carbocycles. The molecule has 10 nitrogen and oxygen atoms in total. The Bertz CT molecular complexity index is 2120. The molecule has 1 aliphatic heterocycles. The van der Waals surface area contributed by atoms with Crippen molar-refractivity contribution in [2.24, 2.45) is 11.8 Å². The maximum absolute atomic E-state index is 13.2. The van der Waals surface area contributed by atoms with E-state index < -0.39 is 0 Å². The second kappa shape index (κ2) is 14.9. The van der Waals surface area contributed by atoms with E-state index in [0.29, 0.717) is 70.7 Å². The molecule has 2 aliphatic rings. The van der Waals surface area contributed by atoms with Crippen LogP contribution in [0, 0.1) is 11.8 Å². The number of hydrogen-bond donors (Lipinski definition) is 4. The second-order valence-corrected chi connectivity index (χ2v) is 13.7. The lowest BCUT2D eigenvalue weighted by atomic mass is 9.97. The van der Waals surface area contributed by atoms with Crippen molar-refractivity contribution in [2.75, 3.05) is 26.8 Å². The van der Waals surface area contributed by atoms with Crippen LogP contribution in [-0.2, 0) is 17.9 Å². The third-order valence-electron chi connectivity index (χ3n) is 9.60. The van der Waals surface area contributed by atoms with Gasteiger partial charge in [-0.25, -0.2) is 9.97 Å². The number of methoxy groups -OCH3 is 1. The van der Waals surface area contributed by atoms with Gasteiger partial charge >= 0.3 is 0 Å². The number of aromatic nitrogens is 3. The SMILES string of the molecule is COc1nc(-c2cccc(-c3cccc(-c4ccn5c(=O)c(CNC[C@H]6C[C@@H]6CO)cnc5c4)c3Cl)c2Cl)ccc1CNC[C@H]1CCC(=O)N1. The van der Waals surface area contributed by atoms with Crippen molar-refractivity contribution in [3.63, 3.8) is 0 Å². The smallest absolute Gasteiger partial charge is 0.262 e. The first-order chi connectivity index (χ1) is 24.3. The molecular weight excluding hydrogens is 675 g/mol. The minimum absolute atomic E-state index is 0.0947. The summed E-state index contributed by atoms with van der Waals surface area (Å²) in [6.07, 6.45) is 5.77. The number of rotatable bonds is 13. The Hall–Kier alpha value is -4.32. The molecule has 0 bridgehead atoms. The summed E-state index contributed by atoms with van der Waals surface area (Å²) >= 11 is 14.2. The molecule has 0 unspecified atom stereocenters. The maximum Gasteiger partial charge on any atom is 0.262 e. The van der Waals surface area contributed by atoms with E-state index in [9.17, 15) is 14.7 Å². The molecule has 4 heterocycles. The number of amides is 1. The first kappa shape index (κ1) is 34.1. The highest BCUT2D eigenvalue weighted by molar-refractivity contribution is 6.39. The summed E-state index contributed by atoms with van der Waals surface area (Å²) in [7, 11) is 1.59. The van der Waals surface area contributed by atoms with E-state index in [2.05, 4.69) is 20.9 Å². The molecule has 258 valence electrons. The summed E-state index contributed by atoms with van der Waals surface area (Å²) in [4.78, 5) is 34.1. The number of aliphatic hydroxyl groups is 1. The molecule has 7 rings (SSSR count). The van der Waals surface area contributed by atoms with Crippen LogP contribution in [-0.4, -0.2) is 58.2 Å². The molecule has 1 amide bonds. The monoisotopic (exact) mass is 712 g/mol. The van der Waals surface area contributed by atoms with Crippen LogP contribution >= 0.6 is 23.2 Å². The second-order valence-electron chi connectivity index (χ2n) is 12.9. The first-order valence-corrected chi connectivity index (χ1v) is 17.5. The molecule has 1 saturated heterocycles. The lowest BCUT2D eigenvalue weighted by Gasteiger charge is -2.16. The molecule has 3 atom stereocenters. The zero-order chi connectivity index (χ0) is 34.8. The zero-order valence-corrected chi connectivity index (χ0v) is 29.1. The third kappa shape index (κ3) is 7.12. The zero-order valence-electron chi connectivity index (χ0n) is 27.6. The lowest BCUT2D eigenvalue weighted by Crippen LogP contribution is -2.35. The van der Waals surface area contributed by atoms with Crippen LogP contribution in [0.15, 0.2) is 77.9 Å². The number of ether oxygens (including phenoxy) is 1. The highest BCUT2D eigenvalue weighted by atomic mass is 35.5. The van der Waals surface area contributed by atoms with E-state index in [4.69, 9.17) is 32.9 Å². The standard InChI is InChI=1S/C38H38Cl2N6O4/c1-50-37-23(16-42-20-27-9-11-34(48)44-27)8-10-32(45-37)31-7-3-6-30(36(31)40)29-5-2-4-28(35(29)39)22-12-13-46-33(15-22)43-19-26(38(46)49)18-41-17-24-14-25(24)21-47/h2-8,10,12-13,15,19,24-25,27,41-42,47H,9,11,14,16-18,20-21H2,1H3,(H,44,48)/t24-,25-,27-/m1/s1. The van der Waals surface area contributed by atoms with Gasteiger partial charge in [0, 0.05) is 84.5 Å². The minimum atomic E-state index is -0.124. The van der Waals surface area contributed by atoms with Crippen molar-refractivity contribution in [1.82, 2.24) is 30.3 Å². The van der Waals surface area contributed by atoms with Crippen LogP contribution in [0.25, 0.3) is 39.2 Å². The highest BCUT2D eigenvalue weighted by Gasteiger charge is 2.35. The average Bonchev–Trinajstić information content (AvgIpc) is 3.77. The van der Waals surface area contributed by atoms with Crippen molar-refractivity contribution in [3.8, 4) is 39.4 Å². The Morgan fingerprint density at radius 3 is 2.36 bits per heavy atom. The van der Waals surface area contributed by atoms with Crippen molar-refractivity contribution in [1.29, 1.82) is 0 Å². The Kier molecular flexibility index (Phi) is 10.2. The number of pyridine rings is 2. The quantitative estimate of drug-likeness (QED) is 0.126. The van der Waals surface area contributed by atoms with Crippen molar-refractivity contribution in [2.45, 2.75) is 38.4 Å². The number of carbonyl (C=O) groups excluding carboxylic acids is 1. The van der Waals surface area contributed by atoms with Gasteiger partial charge in [-0.3, -0.25) is 14.0 Å². The highest BCUT2D eigenvalue weighted by Crippen LogP contribution is 2.42. The summed E-state index contributed by atoms with van der Waals surface area (Å²) in [5.74, 6) is 1.43. The van der Waals surface area contributed by atoms with E-state index in [0.717, 1.165) is 52.8 Å². The molecule has 0 radical (unpaired) electrons.